The van der Waals surface area contributed by atoms with E-state index in [9.17, 15) is 18.0 Å². The van der Waals surface area contributed by atoms with Gasteiger partial charge in [0.05, 0.1) is 17.5 Å². The topological polar surface area (TPSA) is 55.7 Å². The van der Waals surface area contributed by atoms with Crippen molar-refractivity contribution in [1.29, 1.82) is 0 Å². The van der Waals surface area contributed by atoms with Gasteiger partial charge in [-0.05, 0) is 12.1 Å². The summed E-state index contributed by atoms with van der Waals surface area (Å²) in [7, 11) is 0. The lowest BCUT2D eigenvalue weighted by Crippen LogP contribution is -2.05. The first-order valence-electron chi connectivity index (χ1n) is 4.83. The molecule has 2 aromatic rings. The normalized spacial score (nSPS) is 11.3. The highest BCUT2D eigenvalue weighted by Crippen LogP contribution is 2.31. The Morgan fingerprint density at radius 3 is 2.67 bits per heavy atom. The molecule has 4 nitrogen and oxygen atoms in total. The zero-order valence-corrected chi connectivity index (χ0v) is 8.85. The SMILES string of the molecule is O=Cc1nncc(-c2cccc(C(F)(F)F)c2)n1. The first kappa shape index (κ1) is 12.2. The molecular formula is C11H6F3N3O. The van der Waals surface area contributed by atoms with Crippen molar-refractivity contribution in [3.63, 3.8) is 0 Å². The Morgan fingerprint density at radius 1 is 1.22 bits per heavy atom. The molecular weight excluding hydrogens is 247 g/mol. The molecule has 0 amide bonds. The fourth-order valence-corrected chi connectivity index (χ4v) is 1.36. The average molecular weight is 253 g/mol. The first-order chi connectivity index (χ1) is 8.50. The Hall–Kier alpha value is -2.31. The van der Waals surface area contributed by atoms with Gasteiger partial charge in [0.2, 0.25) is 5.82 Å². The summed E-state index contributed by atoms with van der Waals surface area (Å²) in [6.07, 6.45) is -2.85. The van der Waals surface area contributed by atoms with Crippen LogP contribution in [0.3, 0.4) is 0 Å². The van der Waals surface area contributed by atoms with E-state index in [0.29, 0.717) is 6.29 Å². The van der Waals surface area contributed by atoms with E-state index in [1.807, 2.05) is 0 Å². The van der Waals surface area contributed by atoms with Gasteiger partial charge >= 0.3 is 6.18 Å². The summed E-state index contributed by atoms with van der Waals surface area (Å²) in [6, 6.07) is 4.62. The molecule has 0 saturated carbocycles. The largest absolute Gasteiger partial charge is 0.416 e. The minimum atomic E-state index is -4.43. The van der Waals surface area contributed by atoms with Crippen molar-refractivity contribution in [1.82, 2.24) is 15.2 Å². The Labute approximate surface area is 99.5 Å². The van der Waals surface area contributed by atoms with E-state index < -0.39 is 11.7 Å². The van der Waals surface area contributed by atoms with E-state index in [1.54, 1.807) is 0 Å². The van der Waals surface area contributed by atoms with Crippen molar-refractivity contribution in [2.75, 3.05) is 0 Å². The minimum absolute atomic E-state index is 0.165. The highest BCUT2D eigenvalue weighted by Gasteiger charge is 2.30. The number of alkyl halides is 3. The maximum absolute atomic E-state index is 12.5. The number of aldehydes is 1. The second-order valence-electron chi connectivity index (χ2n) is 3.40. The third-order valence-electron chi connectivity index (χ3n) is 2.17. The maximum atomic E-state index is 12.5. The lowest BCUT2D eigenvalue weighted by atomic mass is 10.1. The predicted octanol–water partition coefficient (Wildman–Crippen LogP) is 2.37. The van der Waals surface area contributed by atoms with Gasteiger partial charge in [0.15, 0.2) is 6.29 Å². The van der Waals surface area contributed by atoms with Crippen LogP contribution in [0.2, 0.25) is 0 Å². The van der Waals surface area contributed by atoms with E-state index in [4.69, 9.17) is 0 Å². The highest BCUT2D eigenvalue weighted by atomic mass is 19.4. The van der Waals surface area contributed by atoms with Gasteiger partial charge in [-0.3, -0.25) is 4.79 Å². The summed E-state index contributed by atoms with van der Waals surface area (Å²) < 4.78 is 37.6. The molecule has 0 unspecified atom stereocenters. The number of nitrogens with zero attached hydrogens (tertiary/aromatic N) is 3. The second-order valence-corrected chi connectivity index (χ2v) is 3.40. The molecule has 0 N–H and O–H groups in total. The molecule has 7 heteroatoms. The molecule has 0 aliphatic heterocycles. The summed E-state index contributed by atoms with van der Waals surface area (Å²) >= 11 is 0. The lowest BCUT2D eigenvalue weighted by Gasteiger charge is -2.08. The van der Waals surface area contributed by atoms with Gasteiger partial charge in [0.1, 0.15) is 0 Å². The Morgan fingerprint density at radius 2 is 2.00 bits per heavy atom. The number of rotatable bonds is 2. The molecule has 18 heavy (non-hydrogen) atoms. The first-order valence-corrected chi connectivity index (χ1v) is 4.83. The van der Waals surface area contributed by atoms with Crippen LogP contribution in [0.25, 0.3) is 11.3 Å². The molecule has 2 rings (SSSR count). The quantitative estimate of drug-likeness (QED) is 0.771. The van der Waals surface area contributed by atoms with Gasteiger partial charge < -0.3 is 0 Å². The summed E-state index contributed by atoms with van der Waals surface area (Å²) in [6.45, 7) is 0. The van der Waals surface area contributed by atoms with Crippen LogP contribution in [0.5, 0.6) is 0 Å². The molecule has 0 fully saturated rings. The van der Waals surface area contributed by atoms with Crippen molar-refractivity contribution < 1.29 is 18.0 Å². The molecule has 1 heterocycles. The fourth-order valence-electron chi connectivity index (χ4n) is 1.36. The lowest BCUT2D eigenvalue weighted by molar-refractivity contribution is -0.137. The molecule has 0 radical (unpaired) electrons. The summed E-state index contributed by atoms with van der Waals surface area (Å²) in [5, 5.41) is 6.90. The van der Waals surface area contributed by atoms with Crippen LogP contribution in [-0.2, 0) is 6.18 Å². The number of carbonyl (C=O) groups is 1. The third-order valence-corrected chi connectivity index (χ3v) is 2.17. The number of aromatic nitrogens is 3. The van der Waals surface area contributed by atoms with Crippen LogP contribution >= 0.6 is 0 Å². The van der Waals surface area contributed by atoms with Crippen LogP contribution in [0.4, 0.5) is 13.2 Å². The van der Waals surface area contributed by atoms with Crippen LogP contribution in [0.15, 0.2) is 30.5 Å². The molecule has 1 aromatic heterocycles. The number of halogens is 3. The van der Waals surface area contributed by atoms with Gasteiger partial charge in [-0.2, -0.15) is 18.3 Å². The third kappa shape index (κ3) is 2.50. The van der Waals surface area contributed by atoms with Crippen LogP contribution < -0.4 is 0 Å². The number of hydrogen-bond acceptors (Lipinski definition) is 4. The monoisotopic (exact) mass is 253 g/mol. The number of benzene rings is 1. The van der Waals surface area contributed by atoms with Gasteiger partial charge in [-0.1, -0.05) is 12.1 Å². The Balaban J connectivity index is 2.47. The van der Waals surface area contributed by atoms with Crippen molar-refractivity contribution in [3.8, 4) is 11.3 Å². The van der Waals surface area contributed by atoms with E-state index in [2.05, 4.69) is 15.2 Å². The maximum Gasteiger partial charge on any atom is 0.416 e. The Kier molecular flexibility index (Phi) is 3.05. The van der Waals surface area contributed by atoms with Gasteiger partial charge in [-0.25, -0.2) is 4.98 Å². The van der Waals surface area contributed by atoms with Gasteiger partial charge in [0, 0.05) is 5.56 Å². The van der Waals surface area contributed by atoms with E-state index in [1.165, 1.54) is 18.3 Å². The van der Waals surface area contributed by atoms with Crippen molar-refractivity contribution in [3.05, 3.63) is 41.9 Å². The Bertz CT molecular complexity index is 584. The summed E-state index contributed by atoms with van der Waals surface area (Å²) in [5.41, 5.74) is -0.396. The number of carbonyl (C=O) groups excluding carboxylic acids is 1. The molecule has 0 spiro atoms. The smallest absolute Gasteiger partial charge is 0.294 e. The van der Waals surface area contributed by atoms with E-state index in [0.717, 1.165) is 12.1 Å². The van der Waals surface area contributed by atoms with Gasteiger partial charge in [-0.15, -0.1) is 5.10 Å². The van der Waals surface area contributed by atoms with E-state index >= 15 is 0 Å². The summed E-state index contributed by atoms with van der Waals surface area (Å²) in [5.74, 6) is -0.176. The molecule has 0 bridgehead atoms. The molecule has 0 aliphatic carbocycles. The fraction of sp³-hybridized carbons (Fsp3) is 0.0909. The highest BCUT2D eigenvalue weighted by molar-refractivity contribution is 5.70. The molecule has 0 aliphatic rings. The van der Waals surface area contributed by atoms with Crippen LogP contribution in [0, 0.1) is 0 Å². The summed E-state index contributed by atoms with van der Waals surface area (Å²) in [4.78, 5) is 14.2. The number of hydrogen-bond donors (Lipinski definition) is 0. The molecule has 1 aromatic carbocycles. The predicted molar refractivity (Wildman–Crippen MR) is 55.7 cm³/mol. The standard InChI is InChI=1S/C11H6F3N3O/c12-11(13,14)8-3-1-2-7(4-8)9-5-15-17-10(6-18)16-9/h1-6H. The minimum Gasteiger partial charge on any atom is -0.294 e. The van der Waals surface area contributed by atoms with Crippen LogP contribution in [-0.4, -0.2) is 21.5 Å². The van der Waals surface area contributed by atoms with Crippen molar-refractivity contribution >= 4 is 6.29 Å². The molecule has 0 saturated heterocycles. The van der Waals surface area contributed by atoms with Crippen molar-refractivity contribution in [2.24, 2.45) is 0 Å². The van der Waals surface area contributed by atoms with Crippen molar-refractivity contribution in [2.45, 2.75) is 6.18 Å². The van der Waals surface area contributed by atoms with Gasteiger partial charge in [0.25, 0.3) is 0 Å². The van der Waals surface area contributed by atoms with Crippen LogP contribution in [0.1, 0.15) is 16.2 Å². The van der Waals surface area contributed by atoms with E-state index in [-0.39, 0.29) is 17.1 Å². The molecule has 92 valence electrons. The zero-order chi connectivity index (χ0) is 13.2. The second kappa shape index (κ2) is 4.52. The molecule has 0 atom stereocenters. The zero-order valence-electron chi connectivity index (χ0n) is 8.85. The average Bonchev–Trinajstić information content (AvgIpc) is 2.38.